The molecule has 0 saturated carbocycles. The molecule has 0 bridgehead atoms. The average Bonchev–Trinajstić information content (AvgIpc) is 2.72. The molecule has 1 aliphatic heterocycles. The second-order valence-corrected chi connectivity index (χ2v) is 6.93. The molecule has 2 aromatic carbocycles. The van der Waals surface area contributed by atoms with Crippen molar-refractivity contribution in [1.29, 1.82) is 0 Å². The molecule has 0 unspecified atom stereocenters. The van der Waals surface area contributed by atoms with Gasteiger partial charge >= 0.3 is 18.0 Å². The molecule has 0 aliphatic carbocycles. The molecule has 13 heteroatoms. The SMILES string of the molecule is O=c1[nH]c(=O)n(-c2ccccc2)c2c1C(C(F)(F)F)(C(F)(F)F)N=C(c1ccccc1F)N2. The number of fused-ring (bicyclic) bond motifs is 1. The molecule has 4 rings (SSSR count). The third-order valence-corrected chi connectivity index (χ3v) is 4.95. The van der Waals surface area contributed by atoms with Gasteiger partial charge in [-0.2, -0.15) is 26.3 Å². The number of aromatic nitrogens is 2. The first kappa shape index (κ1) is 22.3. The molecule has 2 heterocycles. The number of rotatable bonds is 2. The van der Waals surface area contributed by atoms with Crippen molar-refractivity contribution >= 4 is 11.7 Å². The van der Waals surface area contributed by atoms with Crippen LogP contribution in [0.2, 0.25) is 0 Å². The van der Waals surface area contributed by atoms with Gasteiger partial charge in [-0.25, -0.2) is 18.7 Å². The van der Waals surface area contributed by atoms with Crippen LogP contribution in [0.25, 0.3) is 5.69 Å². The number of halogens is 7. The number of aromatic amines is 1. The third kappa shape index (κ3) is 3.31. The zero-order valence-electron chi connectivity index (χ0n) is 16.1. The molecule has 0 atom stereocenters. The molecule has 0 radical (unpaired) electrons. The summed E-state index contributed by atoms with van der Waals surface area (Å²) in [5.74, 6) is -3.48. The maximum atomic E-state index is 14.4. The molecule has 0 spiro atoms. The highest BCUT2D eigenvalue weighted by Crippen LogP contribution is 2.55. The number of alkyl halides is 6. The number of anilines is 1. The van der Waals surface area contributed by atoms with E-state index in [2.05, 4.69) is 10.3 Å². The lowest BCUT2D eigenvalue weighted by atomic mass is 9.87. The summed E-state index contributed by atoms with van der Waals surface area (Å²) in [4.78, 5) is 29.3. The van der Waals surface area contributed by atoms with Crippen molar-refractivity contribution in [3.63, 3.8) is 0 Å². The van der Waals surface area contributed by atoms with Gasteiger partial charge in [-0.15, -0.1) is 0 Å². The zero-order chi connectivity index (χ0) is 24.2. The minimum absolute atomic E-state index is 0.157. The molecule has 1 aliphatic rings. The Balaban J connectivity index is 2.21. The summed E-state index contributed by atoms with van der Waals surface area (Å²) < 4.78 is 99.9. The standard InChI is InChI=1S/C20H11F7N4O2/c21-12-9-5-4-8-11(12)14-28-15-13(18(30-14,19(22,23)24)20(25,26)27)16(32)29-17(33)31(15)10-6-2-1-3-7-10/h1-9H,(H,28,30)(H,29,32,33). The van der Waals surface area contributed by atoms with Gasteiger partial charge in [0, 0.05) is 0 Å². The lowest BCUT2D eigenvalue weighted by molar-refractivity contribution is -0.301. The summed E-state index contributed by atoms with van der Waals surface area (Å²) in [6.45, 7) is 0. The van der Waals surface area contributed by atoms with Crippen molar-refractivity contribution in [2.45, 2.75) is 17.9 Å². The molecule has 33 heavy (non-hydrogen) atoms. The fraction of sp³-hybridized carbons (Fsp3) is 0.150. The number of hydrogen-bond acceptors (Lipinski definition) is 4. The fourth-order valence-electron chi connectivity index (χ4n) is 3.53. The van der Waals surface area contributed by atoms with Gasteiger partial charge in [0.25, 0.3) is 11.1 Å². The van der Waals surface area contributed by atoms with Gasteiger partial charge in [-0.1, -0.05) is 30.3 Å². The van der Waals surface area contributed by atoms with Crippen LogP contribution in [0, 0.1) is 5.82 Å². The smallest absolute Gasteiger partial charge is 0.325 e. The number of nitrogens with one attached hydrogen (secondary N) is 2. The Morgan fingerprint density at radius 3 is 2.00 bits per heavy atom. The first-order valence-corrected chi connectivity index (χ1v) is 9.09. The third-order valence-electron chi connectivity index (χ3n) is 4.95. The number of nitrogens with zero attached hydrogens (tertiary/aromatic N) is 2. The Morgan fingerprint density at radius 1 is 0.848 bits per heavy atom. The van der Waals surface area contributed by atoms with E-state index in [-0.39, 0.29) is 5.69 Å². The van der Waals surface area contributed by atoms with Crippen molar-refractivity contribution in [2.24, 2.45) is 4.99 Å². The molecule has 6 nitrogen and oxygen atoms in total. The van der Waals surface area contributed by atoms with E-state index >= 15 is 0 Å². The number of benzene rings is 2. The Kier molecular flexibility index (Phi) is 4.95. The lowest BCUT2D eigenvalue weighted by Crippen LogP contribution is -2.59. The van der Waals surface area contributed by atoms with Crippen LogP contribution in [0.3, 0.4) is 0 Å². The summed E-state index contributed by atoms with van der Waals surface area (Å²) in [6.07, 6.45) is -12.4. The van der Waals surface area contributed by atoms with Crippen molar-refractivity contribution in [2.75, 3.05) is 5.32 Å². The number of amidine groups is 1. The van der Waals surface area contributed by atoms with Gasteiger partial charge in [-0.05, 0) is 24.3 Å². The number of H-pyrrole nitrogens is 1. The molecule has 1 aromatic heterocycles. The average molecular weight is 472 g/mol. The minimum Gasteiger partial charge on any atom is -0.325 e. The minimum atomic E-state index is -6.19. The molecular formula is C20H11F7N4O2. The van der Waals surface area contributed by atoms with E-state index in [1.165, 1.54) is 47.4 Å². The van der Waals surface area contributed by atoms with Gasteiger partial charge in [0.15, 0.2) is 0 Å². The van der Waals surface area contributed by atoms with Crippen LogP contribution >= 0.6 is 0 Å². The van der Waals surface area contributed by atoms with Crippen molar-refractivity contribution in [3.8, 4) is 5.69 Å². The quantitative estimate of drug-likeness (QED) is 0.557. The Hall–Kier alpha value is -3.90. The Labute approximate surface area is 179 Å². The van der Waals surface area contributed by atoms with Crippen LogP contribution in [-0.2, 0) is 5.54 Å². The second-order valence-electron chi connectivity index (χ2n) is 6.93. The van der Waals surface area contributed by atoms with Crippen molar-refractivity contribution in [1.82, 2.24) is 9.55 Å². The van der Waals surface area contributed by atoms with E-state index in [9.17, 15) is 40.3 Å². The van der Waals surface area contributed by atoms with Crippen LogP contribution < -0.4 is 16.6 Å². The molecule has 0 fully saturated rings. The second kappa shape index (κ2) is 7.32. The number of aliphatic imine (C=N–C) groups is 1. The highest BCUT2D eigenvalue weighted by atomic mass is 19.4. The first-order valence-electron chi connectivity index (χ1n) is 9.09. The Morgan fingerprint density at radius 2 is 1.42 bits per heavy atom. The van der Waals surface area contributed by atoms with Crippen LogP contribution in [0.4, 0.5) is 36.6 Å². The lowest BCUT2D eigenvalue weighted by Gasteiger charge is -2.38. The molecule has 2 N–H and O–H groups in total. The Bertz CT molecular complexity index is 1360. The van der Waals surface area contributed by atoms with Crippen molar-refractivity contribution in [3.05, 3.63) is 92.4 Å². The number of para-hydroxylation sites is 1. The van der Waals surface area contributed by atoms with Crippen LogP contribution in [0.1, 0.15) is 11.1 Å². The van der Waals surface area contributed by atoms with Gasteiger partial charge in [-0.3, -0.25) is 9.78 Å². The van der Waals surface area contributed by atoms with Gasteiger partial charge < -0.3 is 5.32 Å². The molecular weight excluding hydrogens is 461 g/mol. The van der Waals surface area contributed by atoms with Gasteiger partial charge in [0.05, 0.1) is 11.3 Å². The maximum absolute atomic E-state index is 14.4. The molecule has 3 aromatic rings. The summed E-state index contributed by atoms with van der Waals surface area (Å²) in [7, 11) is 0. The zero-order valence-corrected chi connectivity index (χ0v) is 16.1. The van der Waals surface area contributed by atoms with E-state index in [0.29, 0.717) is 4.57 Å². The van der Waals surface area contributed by atoms with Gasteiger partial charge in [0.1, 0.15) is 23.0 Å². The largest absolute Gasteiger partial charge is 0.427 e. The highest BCUT2D eigenvalue weighted by molar-refractivity contribution is 6.10. The molecule has 172 valence electrons. The predicted molar refractivity (Wildman–Crippen MR) is 103 cm³/mol. The number of hydrogen-bond donors (Lipinski definition) is 2. The van der Waals surface area contributed by atoms with Crippen LogP contribution in [-0.4, -0.2) is 27.7 Å². The summed E-state index contributed by atoms with van der Waals surface area (Å²) in [6, 6.07) is 10.7. The van der Waals surface area contributed by atoms with E-state index < -0.39 is 57.7 Å². The maximum Gasteiger partial charge on any atom is 0.427 e. The van der Waals surface area contributed by atoms with E-state index in [0.717, 1.165) is 12.1 Å². The van der Waals surface area contributed by atoms with Crippen LogP contribution in [0.15, 0.2) is 69.2 Å². The van der Waals surface area contributed by atoms with Crippen LogP contribution in [0.5, 0.6) is 0 Å². The topological polar surface area (TPSA) is 79.2 Å². The predicted octanol–water partition coefficient (Wildman–Crippen LogP) is 3.86. The van der Waals surface area contributed by atoms with E-state index in [4.69, 9.17) is 0 Å². The monoisotopic (exact) mass is 472 g/mol. The highest BCUT2D eigenvalue weighted by Gasteiger charge is 2.75. The molecule has 0 amide bonds. The van der Waals surface area contributed by atoms with E-state index in [1.54, 1.807) is 0 Å². The summed E-state index contributed by atoms with van der Waals surface area (Å²) >= 11 is 0. The summed E-state index contributed by atoms with van der Waals surface area (Å²) in [5, 5.41) is 2.15. The van der Waals surface area contributed by atoms with Crippen molar-refractivity contribution < 1.29 is 30.7 Å². The fourth-order valence-corrected chi connectivity index (χ4v) is 3.53. The normalized spacial score (nSPS) is 15.4. The molecule has 0 saturated heterocycles. The van der Waals surface area contributed by atoms with Gasteiger partial charge in [0.2, 0.25) is 0 Å². The van der Waals surface area contributed by atoms with E-state index in [1.807, 2.05) is 0 Å². The first-order chi connectivity index (χ1) is 15.4. The summed E-state index contributed by atoms with van der Waals surface area (Å²) in [5.41, 5.74) is -11.1.